The molecule has 0 aliphatic carbocycles. The van der Waals surface area contributed by atoms with E-state index < -0.39 is 29.6 Å². The first-order chi connectivity index (χ1) is 16.0. The predicted molar refractivity (Wildman–Crippen MR) is 116 cm³/mol. The number of pyridine rings is 1. The van der Waals surface area contributed by atoms with E-state index in [1.165, 1.54) is 24.3 Å². The molecule has 0 unspecified atom stereocenters. The smallest absolute Gasteiger partial charge is 0.387 e. The van der Waals surface area contributed by atoms with Gasteiger partial charge in [-0.3, -0.25) is 0 Å². The van der Waals surface area contributed by atoms with Crippen LogP contribution < -0.4 is 5.32 Å². The Bertz CT molecular complexity index is 1040. The molecule has 0 amide bonds. The largest absolute Gasteiger partial charge is 0.416 e. The maximum Gasteiger partial charge on any atom is 0.416 e. The van der Waals surface area contributed by atoms with Crippen LogP contribution in [0, 0.1) is 0 Å². The summed E-state index contributed by atoms with van der Waals surface area (Å²) in [5, 5.41) is 14.3. The number of benzene rings is 2. The van der Waals surface area contributed by atoms with Crippen LogP contribution in [0.25, 0.3) is 22.5 Å². The lowest BCUT2D eigenvalue weighted by Crippen LogP contribution is -2.38. The van der Waals surface area contributed by atoms with E-state index in [1.807, 2.05) is 0 Å². The van der Waals surface area contributed by atoms with Crippen molar-refractivity contribution in [2.75, 3.05) is 6.54 Å². The first-order valence-corrected chi connectivity index (χ1v) is 10.8. The number of halogens is 6. The minimum Gasteiger partial charge on any atom is -0.387 e. The molecule has 1 aliphatic rings. The van der Waals surface area contributed by atoms with Gasteiger partial charge >= 0.3 is 12.4 Å². The third-order valence-corrected chi connectivity index (χ3v) is 5.93. The lowest BCUT2D eigenvalue weighted by Gasteiger charge is -2.28. The predicted octanol–water partition coefficient (Wildman–Crippen LogP) is 6.63. The molecular formula is C25H22F6N2O. The van der Waals surface area contributed by atoms with E-state index >= 15 is 0 Å². The molecule has 2 atom stereocenters. The molecule has 1 saturated heterocycles. The normalized spacial score (nSPS) is 18.0. The summed E-state index contributed by atoms with van der Waals surface area (Å²) in [5.41, 5.74) is 0.299. The molecule has 180 valence electrons. The van der Waals surface area contributed by atoms with Crippen molar-refractivity contribution < 1.29 is 31.4 Å². The van der Waals surface area contributed by atoms with Crippen LogP contribution in [-0.4, -0.2) is 22.7 Å². The van der Waals surface area contributed by atoms with Crippen LogP contribution in [-0.2, 0) is 12.4 Å². The lowest BCUT2D eigenvalue weighted by atomic mass is 9.93. The monoisotopic (exact) mass is 480 g/mol. The minimum atomic E-state index is -4.48. The summed E-state index contributed by atoms with van der Waals surface area (Å²) in [6.07, 6.45) is -7.20. The standard InChI is InChI=1S/C25H22F6N2O/c26-24(27,28)18-8-4-15(5-9-18)21-13-17(23(34)20-3-1-2-12-32-20)14-22(33-21)16-6-10-19(11-7-16)25(29,30)31/h4-11,13-14,20,23,32,34H,1-3,12H2/t20-,23+/m1/s1. The molecule has 1 aromatic heterocycles. The summed E-state index contributed by atoms with van der Waals surface area (Å²) in [6.45, 7) is 0.754. The number of nitrogens with zero attached hydrogens (tertiary/aromatic N) is 1. The average molecular weight is 480 g/mol. The molecule has 0 saturated carbocycles. The molecule has 34 heavy (non-hydrogen) atoms. The maximum atomic E-state index is 13.0. The van der Waals surface area contributed by atoms with E-state index in [4.69, 9.17) is 0 Å². The van der Waals surface area contributed by atoms with E-state index in [1.54, 1.807) is 12.1 Å². The van der Waals surface area contributed by atoms with Crippen LogP contribution in [0.2, 0.25) is 0 Å². The molecule has 0 spiro atoms. The molecule has 4 rings (SSSR count). The van der Waals surface area contributed by atoms with Crippen molar-refractivity contribution in [3.8, 4) is 22.5 Å². The summed E-state index contributed by atoms with van der Waals surface area (Å²) >= 11 is 0. The Morgan fingerprint density at radius 1 is 0.765 bits per heavy atom. The quantitative estimate of drug-likeness (QED) is 0.412. The van der Waals surface area contributed by atoms with Gasteiger partial charge in [-0.05, 0) is 61.3 Å². The Morgan fingerprint density at radius 3 is 1.62 bits per heavy atom. The van der Waals surface area contributed by atoms with Crippen LogP contribution in [0.1, 0.15) is 42.1 Å². The fourth-order valence-electron chi connectivity index (χ4n) is 4.06. The van der Waals surface area contributed by atoms with Crippen LogP contribution in [0.3, 0.4) is 0 Å². The third kappa shape index (κ3) is 5.42. The van der Waals surface area contributed by atoms with Gasteiger partial charge in [0.1, 0.15) is 0 Å². The van der Waals surface area contributed by atoms with E-state index in [0.29, 0.717) is 28.1 Å². The van der Waals surface area contributed by atoms with Gasteiger partial charge in [-0.25, -0.2) is 4.98 Å². The number of piperidine rings is 1. The molecule has 1 aliphatic heterocycles. The van der Waals surface area contributed by atoms with Crippen LogP contribution in [0.4, 0.5) is 26.3 Å². The SMILES string of the molecule is O[C@@H](c1cc(-c2ccc(C(F)(F)F)cc2)nc(-c2ccc(C(F)(F)F)cc2)c1)[C@H]1CCCCN1. The number of hydrogen-bond donors (Lipinski definition) is 2. The third-order valence-electron chi connectivity index (χ3n) is 5.93. The highest BCUT2D eigenvalue weighted by Crippen LogP contribution is 2.35. The second kappa shape index (κ2) is 9.38. The van der Waals surface area contributed by atoms with Gasteiger partial charge in [-0.1, -0.05) is 30.7 Å². The Hall–Kier alpha value is -2.91. The molecule has 2 heterocycles. The summed E-state index contributed by atoms with van der Waals surface area (Å²) in [7, 11) is 0. The molecule has 9 heteroatoms. The highest BCUT2D eigenvalue weighted by atomic mass is 19.4. The number of alkyl halides is 6. The van der Waals surface area contributed by atoms with Gasteiger partial charge in [0.05, 0.1) is 28.6 Å². The molecule has 0 bridgehead atoms. The number of nitrogens with one attached hydrogen (secondary N) is 1. The van der Waals surface area contributed by atoms with Crippen molar-refractivity contribution in [1.29, 1.82) is 0 Å². The Labute approximate surface area is 192 Å². The number of hydrogen-bond acceptors (Lipinski definition) is 3. The van der Waals surface area contributed by atoms with E-state index in [2.05, 4.69) is 10.3 Å². The zero-order valence-corrected chi connectivity index (χ0v) is 17.9. The Morgan fingerprint density at radius 2 is 1.24 bits per heavy atom. The van der Waals surface area contributed by atoms with Gasteiger partial charge in [0.15, 0.2) is 0 Å². The molecule has 2 N–H and O–H groups in total. The molecule has 3 nitrogen and oxygen atoms in total. The maximum absolute atomic E-state index is 13.0. The minimum absolute atomic E-state index is 0.211. The molecule has 3 aromatic rings. The van der Waals surface area contributed by atoms with E-state index in [0.717, 1.165) is 50.1 Å². The lowest BCUT2D eigenvalue weighted by molar-refractivity contribution is -0.138. The van der Waals surface area contributed by atoms with Crippen LogP contribution in [0.15, 0.2) is 60.7 Å². The zero-order chi connectivity index (χ0) is 24.5. The van der Waals surface area contributed by atoms with Crippen molar-refractivity contribution in [3.05, 3.63) is 77.4 Å². The fourth-order valence-corrected chi connectivity index (χ4v) is 4.06. The summed E-state index contributed by atoms with van der Waals surface area (Å²) in [5.74, 6) is 0. The second-order valence-electron chi connectivity index (χ2n) is 8.32. The Balaban J connectivity index is 1.76. The van der Waals surface area contributed by atoms with Gasteiger partial charge in [-0.2, -0.15) is 26.3 Å². The van der Waals surface area contributed by atoms with Gasteiger partial charge in [0.25, 0.3) is 0 Å². The Kier molecular flexibility index (Phi) is 6.69. The zero-order valence-electron chi connectivity index (χ0n) is 17.9. The molecule has 2 aromatic carbocycles. The molecule has 0 radical (unpaired) electrons. The number of rotatable bonds is 4. The highest BCUT2D eigenvalue weighted by molar-refractivity contribution is 5.68. The average Bonchev–Trinajstić information content (AvgIpc) is 2.83. The van der Waals surface area contributed by atoms with Gasteiger partial charge in [0.2, 0.25) is 0 Å². The molecular weight excluding hydrogens is 458 g/mol. The first-order valence-electron chi connectivity index (χ1n) is 10.8. The summed E-state index contributed by atoms with van der Waals surface area (Å²) in [6, 6.07) is 11.9. The van der Waals surface area contributed by atoms with E-state index in [9.17, 15) is 31.4 Å². The number of aliphatic hydroxyl groups is 1. The second-order valence-corrected chi connectivity index (χ2v) is 8.32. The van der Waals surface area contributed by atoms with Crippen LogP contribution in [0.5, 0.6) is 0 Å². The van der Waals surface area contributed by atoms with Crippen molar-refractivity contribution in [1.82, 2.24) is 10.3 Å². The van der Waals surface area contributed by atoms with Crippen molar-refractivity contribution >= 4 is 0 Å². The van der Waals surface area contributed by atoms with Crippen molar-refractivity contribution in [2.24, 2.45) is 0 Å². The van der Waals surface area contributed by atoms with Crippen molar-refractivity contribution in [3.63, 3.8) is 0 Å². The van der Waals surface area contributed by atoms with Crippen molar-refractivity contribution in [2.45, 2.75) is 43.8 Å². The van der Waals surface area contributed by atoms with Crippen LogP contribution >= 0.6 is 0 Å². The molecule has 1 fully saturated rings. The number of aromatic nitrogens is 1. The van der Waals surface area contributed by atoms with E-state index in [-0.39, 0.29) is 6.04 Å². The summed E-state index contributed by atoms with van der Waals surface area (Å²) < 4.78 is 77.8. The number of aliphatic hydroxyl groups excluding tert-OH is 1. The van der Waals surface area contributed by atoms with Gasteiger partial charge in [-0.15, -0.1) is 0 Å². The fraction of sp³-hybridized carbons (Fsp3) is 0.320. The first kappa shape index (κ1) is 24.2. The van der Waals surface area contributed by atoms with Gasteiger partial charge < -0.3 is 10.4 Å². The highest BCUT2D eigenvalue weighted by Gasteiger charge is 2.31. The van der Waals surface area contributed by atoms with Gasteiger partial charge in [0, 0.05) is 17.2 Å². The summed E-state index contributed by atoms with van der Waals surface area (Å²) in [4.78, 5) is 4.49. The topological polar surface area (TPSA) is 45.2 Å².